The van der Waals surface area contributed by atoms with Crippen molar-refractivity contribution >= 4 is 15.9 Å². The van der Waals surface area contributed by atoms with E-state index in [0.29, 0.717) is 0 Å². The minimum atomic E-state index is -0.195. The Morgan fingerprint density at radius 1 is 1.21 bits per heavy atom. The first-order valence-corrected chi connectivity index (χ1v) is 7.05. The maximum Gasteiger partial charge on any atom is 0.123 e. The lowest BCUT2D eigenvalue weighted by Crippen LogP contribution is -1.99. The average Bonchev–Trinajstić information content (AvgIpc) is 2.38. The summed E-state index contributed by atoms with van der Waals surface area (Å²) >= 11 is 3.63. The Balaban J connectivity index is 2.22. The maximum absolute atomic E-state index is 13.4. The molecule has 0 saturated carbocycles. The second kappa shape index (κ2) is 6.20. The second-order valence-electron chi connectivity index (χ2n) is 4.55. The quantitative estimate of drug-likeness (QED) is 0.733. The summed E-state index contributed by atoms with van der Waals surface area (Å²) in [5.74, 6) is 0.666. The molecule has 1 unspecified atom stereocenters. The largest absolute Gasteiger partial charge is 0.496 e. The van der Waals surface area contributed by atoms with Gasteiger partial charge >= 0.3 is 0 Å². The summed E-state index contributed by atoms with van der Waals surface area (Å²) in [7, 11) is 1.66. The van der Waals surface area contributed by atoms with E-state index in [1.165, 1.54) is 6.07 Å². The fourth-order valence-corrected chi connectivity index (χ4v) is 2.74. The third kappa shape index (κ3) is 3.57. The van der Waals surface area contributed by atoms with Gasteiger partial charge in [0.05, 0.1) is 7.11 Å². The third-order valence-corrected chi connectivity index (χ3v) is 3.87. The zero-order valence-corrected chi connectivity index (χ0v) is 12.6. The van der Waals surface area contributed by atoms with E-state index >= 15 is 0 Å². The van der Waals surface area contributed by atoms with Crippen LogP contribution in [0.3, 0.4) is 0 Å². The van der Waals surface area contributed by atoms with E-state index in [1.54, 1.807) is 13.2 Å². The molecule has 0 spiro atoms. The molecule has 0 heterocycles. The fourth-order valence-electron chi connectivity index (χ4n) is 2.13. The third-order valence-electron chi connectivity index (χ3n) is 3.02. The summed E-state index contributed by atoms with van der Waals surface area (Å²) < 4.78 is 18.8. The Hall–Kier alpha value is -1.35. The molecule has 2 aromatic rings. The van der Waals surface area contributed by atoms with Crippen LogP contribution in [0.15, 0.2) is 42.5 Å². The van der Waals surface area contributed by atoms with Crippen LogP contribution in [0.2, 0.25) is 0 Å². The van der Waals surface area contributed by atoms with Gasteiger partial charge in [0.2, 0.25) is 0 Å². The molecule has 0 fully saturated rings. The van der Waals surface area contributed by atoms with Gasteiger partial charge in [-0.05, 0) is 48.2 Å². The Morgan fingerprint density at radius 2 is 1.95 bits per heavy atom. The molecule has 0 aliphatic heterocycles. The molecule has 1 atom stereocenters. The minimum Gasteiger partial charge on any atom is -0.496 e. The number of para-hydroxylation sites is 1. The first-order valence-electron chi connectivity index (χ1n) is 6.13. The molecule has 0 radical (unpaired) electrons. The maximum atomic E-state index is 13.4. The summed E-state index contributed by atoms with van der Waals surface area (Å²) in [5.41, 5.74) is 2.98. The summed E-state index contributed by atoms with van der Waals surface area (Å²) in [5, 5.41) is 0. The van der Waals surface area contributed by atoms with Crippen LogP contribution in [-0.2, 0) is 6.42 Å². The van der Waals surface area contributed by atoms with Crippen LogP contribution in [0.1, 0.15) is 21.5 Å². The number of rotatable bonds is 4. The van der Waals surface area contributed by atoms with Gasteiger partial charge in [-0.1, -0.05) is 40.2 Å². The van der Waals surface area contributed by atoms with Gasteiger partial charge in [-0.3, -0.25) is 0 Å². The SMILES string of the molecule is COc1ccccc1CC(Br)c1cc(C)cc(F)c1. The first-order chi connectivity index (χ1) is 9.10. The first kappa shape index (κ1) is 14.1. The van der Waals surface area contributed by atoms with Crippen molar-refractivity contribution in [1.82, 2.24) is 0 Å². The topological polar surface area (TPSA) is 9.23 Å². The number of alkyl halides is 1. The van der Waals surface area contributed by atoms with E-state index in [4.69, 9.17) is 4.74 Å². The van der Waals surface area contributed by atoms with E-state index in [-0.39, 0.29) is 10.6 Å². The molecule has 3 heteroatoms. The van der Waals surface area contributed by atoms with E-state index in [1.807, 2.05) is 37.3 Å². The van der Waals surface area contributed by atoms with Crippen LogP contribution < -0.4 is 4.74 Å². The molecule has 0 aliphatic carbocycles. The minimum absolute atomic E-state index is 0.0678. The molecule has 0 bridgehead atoms. The van der Waals surface area contributed by atoms with Crippen LogP contribution in [0.5, 0.6) is 5.75 Å². The van der Waals surface area contributed by atoms with Gasteiger partial charge in [-0.15, -0.1) is 0 Å². The lowest BCUT2D eigenvalue weighted by Gasteiger charge is -2.14. The highest BCUT2D eigenvalue weighted by atomic mass is 79.9. The summed E-state index contributed by atoms with van der Waals surface area (Å²) in [6.45, 7) is 1.90. The molecular formula is C16H16BrFO. The van der Waals surface area contributed by atoms with Gasteiger partial charge in [0.15, 0.2) is 0 Å². The Kier molecular flexibility index (Phi) is 4.59. The zero-order valence-electron chi connectivity index (χ0n) is 11.0. The summed E-state index contributed by atoms with van der Waals surface area (Å²) in [4.78, 5) is 0.0678. The predicted molar refractivity (Wildman–Crippen MR) is 79.5 cm³/mol. The molecule has 1 nitrogen and oxygen atoms in total. The normalized spacial score (nSPS) is 12.2. The van der Waals surface area contributed by atoms with Gasteiger partial charge in [-0.25, -0.2) is 4.39 Å². The van der Waals surface area contributed by atoms with Crippen LogP contribution in [0, 0.1) is 12.7 Å². The number of aryl methyl sites for hydroxylation is 1. The Bertz CT molecular complexity index is 548. The van der Waals surface area contributed by atoms with Crippen LogP contribution >= 0.6 is 15.9 Å². The molecule has 0 aromatic heterocycles. The Labute approximate surface area is 121 Å². The van der Waals surface area contributed by atoms with Crippen LogP contribution in [0.25, 0.3) is 0 Å². The van der Waals surface area contributed by atoms with Crippen molar-refractivity contribution in [2.45, 2.75) is 18.2 Å². The van der Waals surface area contributed by atoms with Gasteiger partial charge in [0.25, 0.3) is 0 Å². The number of ether oxygens (including phenoxy) is 1. The molecule has 0 amide bonds. The lowest BCUT2D eigenvalue weighted by molar-refractivity contribution is 0.409. The van der Waals surface area contributed by atoms with Gasteiger partial charge in [-0.2, -0.15) is 0 Å². The highest BCUT2D eigenvalue weighted by Crippen LogP contribution is 2.31. The van der Waals surface area contributed by atoms with Crippen molar-refractivity contribution < 1.29 is 9.13 Å². The monoisotopic (exact) mass is 322 g/mol. The average molecular weight is 323 g/mol. The number of benzene rings is 2. The highest BCUT2D eigenvalue weighted by molar-refractivity contribution is 9.09. The lowest BCUT2D eigenvalue weighted by atomic mass is 10.0. The molecule has 0 aliphatic rings. The molecular weight excluding hydrogens is 307 g/mol. The molecule has 100 valence electrons. The molecule has 2 rings (SSSR count). The van der Waals surface area contributed by atoms with Crippen molar-refractivity contribution in [1.29, 1.82) is 0 Å². The van der Waals surface area contributed by atoms with E-state index in [9.17, 15) is 4.39 Å². The summed E-state index contributed by atoms with van der Waals surface area (Å²) in [6, 6.07) is 13.0. The van der Waals surface area contributed by atoms with Crippen molar-refractivity contribution in [3.05, 3.63) is 65.0 Å². The predicted octanol–water partition coefficient (Wildman–Crippen LogP) is 4.82. The van der Waals surface area contributed by atoms with Crippen molar-refractivity contribution in [2.24, 2.45) is 0 Å². The van der Waals surface area contributed by atoms with Gasteiger partial charge in [0.1, 0.15) is 11.6 Å². The standard InChI is InChI=1S/C16H16BrFO/c1-11-7-13(9-14(18)8-11)15(17)10-12-5-3-4-6-16(12)19-2/h3-9,15H,10H2,1-2H3. The zero-order chi connectivity index (χ0) is 13.8. The van der Waals surface area contributed by atoms with Gasteiger partial charge in [0, 0.05) is 4.83 Å². The molecule has 0 saturated heterocycles. The van der Waals surface area contributed by atoms with Crippen molar-refractivity contribution in [3.63, 3.8) is 0 Å². The van der Waals surface area contributed by atoms with Crippen LogP contribution in [-0.4, -0.2) is 7.11 Å². The Morgan fingerprint density at radius 3 is 2.63 bits per heavy atom. The molecule has 2 aromatic carbocycles. The van der Waals surface area contributed by atoms with E-state index < -0.39 is 0 Å². The number of methoxy groups -OCH3 is 1. The fraction of sp³-hybridized carbons (Fsp3) is 0.250. The molecule has 0 N–H and O–H groups in total. The highest BCUT2D eigenvalue weighted by Gasteiger charge is 2.12. The number of hydrogen-bond donors (Lipinski definition) is 0. The smallest absolute Gasteiger partial charge is 0.123 e. The van der Waals surface area contributed by atoms with E-state index in [2.05, 4.69) is 15.9 Å². The van der Waals surface area contributed by atoms with Gasteiger partial charge < -0.3 is 4.74 Å². The summed E-state index contributed by atoms with van der Waals surface area (Å²) in [6.07, 6.45) is 0.757. The number of halogens is 2. The van der Waals surface area contributed by atoms with Crippen molar-refractivity contribution in [3.8, 4) is 5.75 Å². The van der Waals surface area contributed by atoms with E-state index in [0.717, 1.165) is 28.9 Å². The van der Waals surface area contributed by atoms with Crippen LogP contribution in [0.4, 0.5) is 4.39 Å². The number of hydrogen-bond acceptors (Lipinski definition) is 1. The molecule has 19 heavy (non-hydrogen) atoms. The second-order valence-corrected chi connectivity index (χ2v) is 5.65. The van der Waals surface area contributed by atoms with Crippen molar-refractivity contribution in [2.75, 3.05) is 7.11 Å².